The molecule has 1 aromatic heterocycles. The smallest absolute Gasteiger partial charge is 0.379 e. The average molecular weight is 371 g/mol. The third-order valence-electron chi connectivity index (χ3n) is 3.34. The number of methoxy groups -OCH3 is 1. The van der Waals surface area contributed by atoms with E-state index in [0.717, 1.165) is 11.3 Å². The van der Waals surface area contributed by atoms with Crippen LogP contribution in [0.5, 0.6) is 11.5 Å². The number of hydrazone groups is 1. The highest BCUT2D eigenvalue weighted by Gasteiger charge is 2.14. The zero-order valence-electron chi connectivity index (χ0n) is 13.8. The number of halogens is 1. The second-order valence-electron chi connectivity index (χ2n) is 5.16. The van der Waals surface area contributed by atoms with Crippen molar-refractivity contribution in [1.82, 2.24) is 0 Å². The fourth-order valence-electron chi connectivity index (χ4n) is 2.13. The van der Waals surface area contributed by atoms with Crippen LogP contribution in [0.3, 0.4) is 0 Å². The third kappa shape index (κ3) is 4.43. The minimum atomic E-state index is -0.600. The van der Waals surface area contributed by atoms with E-state index in [4.69, 9.17) is 25.5 Å². The summed E-state index contributed by atoms with van der Waals surface area (Å²) in [6.45, 7) is 0. The first-order valence-electron chi connectivity index (χ1n) is 7.64. The number of ether oxygens (including phenoxy) is 2. The molecule has 0 bridgehead atoms. The van der Waals surface area contributed by atoms with Gasteiger partial charge in [0.15, 0.2) is 11.5 Å². The van der Waals surface area contributed by atoms with Crippen molar-refractivity contribution in [2.45, 2.75) is 0 Å². The Morgan fingerprint density at radius 2 is 2.04 bits per heavy atom. The number of hydrogen-bond donors (Lipinski definition) is 1. The summed E-state index contributed by atoms with van der Waals surface area (Å²) in [6, 6.07) is 15.4. The van der Waals surface area contributed by atoms with Crippen molar-refractivity contribution < 1.29 is 18.7 Å². The molecule has 0 spiro atoms. The van der Waals surface area contributed by atoms with Crippen LogP contribution in [0, 0.1) is 0 Å². The maximum atomic E-state index is 12.0. The SMILES string of the molecule is COc1cc(/C=N\Nc2cccc(Cl)c2)ccc1OC(=O)c1ccco1. The van der Waals surface area contributed by atoms with Crippen LogP contribution in [0.4, 0.5) is 5.69 Å². The van der Waals surface area contributed by atoms with Crippen molar-refractivity contribution in [3.63, 3.8) is 0 Å². The molecular formula is C19H15ClN2O4. The van der Waals surface area contributed by atoms with Crippen LogP contribution in [0.1, 0.15) is 16.1 Å². The topological polar surface area (TPSA) is 73.1 Å². The lowest BCUT2D eigenvalue weighted by molar-refractivity contribution is 0.0696. The number of hydrogen-bond acceptors (Lipinski definition) is 6. The molecule has 0 aliphatic rings. The van der Waals surface area contributed by atoms with Gasteiger partial charge in [-0.3, -0.25) is 5.43 Å². The molecule has 0 amide bonds. The van der Waals surface area contributed by atoms with Crippen molar-refractivity contribution in [3.05, 3.63) is 77.2 Å². The van der Waals surface area contributed by atoms with Crippen LogP contribution in [0.25, 0.3) is 0 Å². The second kappa shape index (κ2) is 8.22. The van der Waals surface area contributed by atoms with Gasteiger partial charge in [-0.15, -0.1) is 0 Å². The normalized spacial score (nSPS) is 10.7. The Bertz CT molecular complexity index is 923. The van der Waals surface area contributed by atoms with Gasteiger partial charge < -0.3 is 13.9 Å². The first kappa shape index (κ1) is 17.6. The molecule has 132 valence electrons. The van der Waals surface area contributed by atoms with Gasteiger partial charge in [0.1, 0.15) is 0 Å². The molecule has 6 nitrogen and oxygen atoms in total. The lowest BCUT2D eigenvalue weighted by atomic mass is 10.2. The van der Waals surface area contributed by atoms with Gasteiger partial charge in [0.05, 0.1) is 25.3 Å². The molecule has 0 saturated carbocycles. The molecule has 0 aliphatic heterocycles. The Morgan fingerprint density at radius 1 is 1.15 bits per heavy atom. The van der Waals surface area contributed by atoms with Crippen molar-refractivity contribution in [2.24, 2.45) is 5.10 Å². The van der Waals surface area contributed by atoms with E-state index < -0.39 is 5.97 Å². The lowest BCUT2D eigenvalue weighted by Crippen LogP contribution is -2.08. The van der Waals surface area contributed by atoms with E-state index in [1.807, 2.05) is 12.1 Å². The van der Waals surface area contributed by atoms with Gasteiger partial charge in [-0.25, -0.2) is 4.79 Å². The van der Waals surface area contributed by atoms with Crippen molar-refractivity contribution in [1.29, 1.82) is 0 Å². The Hall–Kier alpha value is -3.25. The van der Waals surface area contributed by atoms with Gasteiger partial charge in [0.2, 0.25) is 5.76 Å². The first-order chi connectivity index (χ1) is 12.7. The highest BCUT2D eigenvalue weighted by molar-refractivity contribution is 6.30. The van der Waals surface area contributed by atoms with Gasteiger partial charge in [-0.05, 0) is 54.1 Å². The minimum absolute atomic E-state index is 0.114. The fourth-order valence-corrected chi connectivity index (χ4v) is 2.32. The molecule has 0 unspecified atom stereocenters. The second-order valence-corrected chi connectivity index (χ2v) is 5.59. The number of anilines is 1. The van der Waals surface area contributed by atoms with Crippen LogP contribution in [-0.2, 0) is 0 Å². The molecule has 1 heterocycles. The fraction of sp³-hybridized carbons (Fsp3) is 0.0526. The van der Waals surface area contributed by atoms with Crippen LogP contribution >= 0.6 is 11.6 Å². The molecule has 3 aromatic rings. The number of rotatable bonds is 6. The van der Waals surface area contributed by atoms with Crippen LogP contribution in [0.15, 0.2) is 70.4 Å². The van der Waals surface area contributed by atoms with Gasteiger partial charge in [-0.1, -0.05) is 17.7 Å². The molecule has 0 aliphatic carbocycles. The monoisotopic (exact) mass is 370 g/mol. The summed E-state index contributed by atoms with van der Waals surface area (Å²) in [7, 11) is 1.49. The van der Waals surface area contributed by atoms with Crippen molar-refractivity contribution in [3.8, 4) is 11.5 Å². The predicted molar refractivity (Wildman–Crippen MR) is 99.3 cm³/mol. The predicted octanol–water partition coefficient (Wildman–Crippen LogP) is 4.61. The van der Waals surface area contributed by atoms with Gasteiger partial charge in [0.25, 0.3) is 0 Å². The molecule has 0 saturated heterocycles. The van der Waals surface area contributed by atoms with Gasteiger partial charge in [0, 0.05) is 5.02 Å². The third-order valence-corrected chi connectivity index (χ3v) is 3.58. The molecule has 7 heteroatoms. The molecule has 0 fully saturated rings. The summed E-state index contributed by atoms with van der Waals surface area (Å²) in [6.07, 6.45) is 3.02. The van der Waals surface area contributed by atoms with E-state index in [9.17, 15) is 4.79 Å². The van der Waals surface area contributed by atoms with Crippen molar-refractivity contribution in [2.75, 3.05) is 12.5 Å². The van der Waals surface area contributed by atoms with E-state index in [1.54, 1.807) is 42.6 Å². The number of carbonyl (C=O) groups excluding carboxylic acids is 1. The van der Waals surface area contributed by atoms with E-state index in [2.05, 4.69) is 10.5 Å². The summed E-state index contributed by atoms with van der Waals surface area (Å²) in [5.74, 6) is 0.200. The zero-order valence-corrected chi connectivity index (χ0v) is 14.6. The van der Waals surface area contributed by atoms with E-state index >= 15 is 0 Å². The van der Waals surface area contributed by atoms with Crippen LogP contribution in [-0.4, -0.2) is 19.3 Å². The molecule has 3 rings (SSSR count). The van der Waals surface area contributed by atoms with E-state index in [-0.39, 0.29) is 11.5 Å². The van der Waals surface area contributed by atoms with E-state index in [0.29, 0.717) is 10.8 Å². The quantitative estimate of drug-likeness (QED) is 0.297. The minimum Gasteiger partial charge on any atom is -0.493 e. The lowest BCUT2D eigenvalue weighted by Gasteiger charge is -2.09. The Balaban J connectivity index is 1.70. The summed E-state index contributed by atoms with van der Waals surface area (Å²) in [4.78, 5) is 12.0. The maximum absolute atomic E-state index is 12.0. The molecule has 26 heavy (non-hydrogen) atoms. The molecular weight excluding hydrogens is 356 g/mol. The summed E-state index contributed by atoms with van der Waals surface area (Å²) < 4.78 is 15.6. The first-order valence-corrected chi connectivity index (χ1v) is 8.02. The molecule has 2 aromatic carbocycles. The summed E-state index contributed by atoms with van der Waals surface area (Å²) in [5, 5.41) is 4.77. The number of nitrogens with one attached hydrogen (secondary N) is 1. The van der Waals surface area contributed by atoms with E-state index in [1.165, 1.54) is 19.4 Å². The Kier molecular flexibility index (Phi) is 5.56. The molecule has 0 radical (unpaired) electrons. The maximum Gasteiger partial charge on any atom is 0.379 e. The van der Waals surface area contributed by atoms with Gasteiger partial charge in [-0.2, -0.15) is 5.10 Å². The standard InChI is InChI=1S/C19H15ClN2O4/c1-24-18-10-13(12-21-22-15-5-2-4-14(20)11-15)7-8-16(18)26-19(23)17-6-3-9-25-17/h2-12,22H,1H3/b21-12-. The van der Waals surface area contributed by atoms with Crippen molar-refractivity contribution >= 4 is 29.5 Å². The van der Waals surface area contributed by atoms with Gasteiger partial charge >= 0.3 is 5.97 Å². The highest BCUT2D eigenvalue weighted by atomic mass is 35.5. The van der Waals surface area contributed by atoms with Crippen LogP contribution < -0.4 is 14.9 Å². The summed E-state index contributed by atoms with van der Waals surface area (Å²) in [5.41, 5.74) is 4.41. The Morgan fingerprint density at radius 3 is 2.77 bits per heavy atom. The number of carbonyl (C=O) groups is 1. The highest BCUT2D eigenvalue weighted by Crippen LogP contribution is 2.28. The largest absolute Gasteiger partial charge is 0.493 e. The number of benzene rings is 2. The average Bonchev–Trinajstić information content (AvgIpc) is 3.18. The summed E-state index contributed by atoms with van der Waals surface area (Å²) >= 11 is 5.92. The molecule has 0 atom stereocenters. The zero-order chi connectivity index (χ0) is 18.4. The van der Waals surface area contributed by atoms with Crippen LogP contribution in [0.2, 0.25) is 5.02 Å². The number of furan rings is 1. The Labute approximate surface area is 155 Å². The number of nitrogens with zero attached hydrogens (tertiary/aromatic N) is 1. The molecule has 1 N–H and O–H groups in total. The number of esters is 1.